The van der Waals surface area contributed by atoms with Crippen LogP contribution in [0.2, 0.25) is 0 Å². The summed E-state index contributed by atoms with van der Waals surface area (Å²) in [6.45, 7) is 11.9. The van der Waals surface area contributed by atoms with Crippen LogP contribution in [0.4, 0.5) is 0 Å². The molecular formula is C22H31N3O3S. The number of carbonyl (C=O) groups excluding carboxylic acids is 1. The topological polar surface area (TPSA) is 62.6 Å². The van der Waals surface area contributed by atoms with Crippen LogP contribution in [0.5, 0.6) is 0 Å². The number of aromatic nitrogens is 1. The Balaban J connectivity index is 1.69. The molecule has 2 aromatic rings. The van der Waals surface area contributed by atoms with Crippen molar-refractivity contribution in [2.24, 2.45) is 7.05 Å². The Morgan fingerprint density at radius 2 is 1.48 bits per heavy atom. The van der Waals surface area contributed by atoms with Crippen LogP contribution >= 0.6 is 0 Å². The van der Waals surface area contributed by atoms with E-state index in [1.165, 1.54) is 0 Å². The average molecular weight is 418 g/mol. The Kier molecular flexibility index (Phi) is 6.03. The van der Waals surface area contributed by atoms with E-state index in [0.717, 1.165) is 33.6 Å². The monoisotopic (exact) mass is 417 g/mol. The molecule has 7 heteroatoms. The molecule has 1 aromatic heterocycles. The van der Waals surface area contributed by atoms with Gasteiger partial charge in [0.1, 0.15) is 0 Å². The van der Waals surface area contributed by atoms with Gasteiger partial charge < -0.3 is 4.57 Å². The first-order valence-electron chi connectivity index (χ1n) is 9.99. The molecule has 2 heterocycles. The fraction of sp³-hybridized carbons (Fsp3) is 0.500. The predicted octanol–water partition coefficient (Wildman–Crippen LogP) is 2.76. The van der Waals surface area contributed by atoms with Gasteiger partial charge in [-0.3, -0.25) is 9.69 Å². The molecule has 0 radical (unpaired) electrons. The fourth-order valence-electron chi connectivity index (χ4n) is 4.26. The first kappa shape index (κ1) is 21.7. The Morgan fingerprint density at radius 3 is 1.97 bits per heavy atom. The summed E-state index contributed by atoms with van der Waals surface area (Å²) in [6, 6.07) is 5.76. The third-order valence-corrected chi connectivity index (χ3v) is 8.18. The van der Waals surface area contributed by atoms with Gasteiger partial charge in [-0.1, -0.05) is 17.7 Å². The van der Waals surface area contributed by atoms with Crippen LogP contribution in [0.1, 0.15) is 38.4 Å². The van der Waals surface area contributed by atoms with Crippen LogP contribution in [0, 0.1) is 34.6 Å². The number of nitrogens with zero attached hydrogens (tertiary/aromatic N) is 3. The lowest BCUT2D eigenvalue weighted by atomic mass is 10.1. The van der Waals surface area contributed by atoms with E-state index in [0.29, 0.717) is 37.6 Å². The molecule has 0 N–H and O–H groups in total. The van der Waals surface area contributed by atoms with E-state index in [-0.39, 0.29) is 5.78 Å². The summed E-state index contributed by atoms with van der Waals surface area (Å²) in [5.41, 5.74) is 5.43. The molecule has 0 unspecified atom stereocenters. The van der Waals surface area contributed by atoms with Gasteiger partial charge in [-0.2, -0.15) is 4.31 Å². The van der Waals surface area contributed by atoms with E-state index in [9.17, 15) is 13.2 Å². The average Bonchev–Trinajstić information content (AvgIpc) is 2.88. The highest BCUT2D eigenvalue weighted by molar-refractivity contribution is 7.89. The molecule has 0 saturated carbocycles. The second kappa shape index (κ2) is 8.05. The van der Waals surface area contributed by atoms with Crippen molar-refractivity contribution >= 4 is 15.8 Å². The number of carbonyl (C=O) groups is 1. The van der Waals surface area contributed by atoms with Gasteiger partial charge in [0.2, 0.25) is 10.0 Å². The van der Waals surface area contributed by atoms with Gasteiger partial charge in [0.05, 0.1) is 11.4 Å². The Bertz CT molecular complexity index is 1020. The molecule has 0 spiro atoms. The lowest BCUT2D eigenvalue weighted by Crippen LogP contribution is -2.50. The van der Waals surface area contributed by atoms with Gasteiger partial charge in [0.15, 0.2) is 5.78 Å². The first-order chi connectivity index (χ1) is 13.5. The largest absolute Gasteiger partial charge is 0.351 e. The SMILES string of the molecule is Cc1cc(C)c(S(=O)(=O)N2CCN(CC(=O)c3cc(C)n(C)c3C)CC2)c(C)c1. The summed E-state index contributed by atoms with van der Waals surface area (Å²) in [6.07, 6.45) is 0. The van der Waals surface area contributed by atoms with E-state index < -0.39 is 10.0 Å². The standard InChI is InChI=1S/C22H31N3O3S/c1-15-11-16(2)22(17(3)12-15)29(27,28)25-9-7-24(8-10-25)14-21(26)20-13-18(4)23(6)19(20)5/h11-13H,7-10,14H2,1-6H3. The lowest BCUT2D eigenvalue weighted by molar-refractivity contribution is 0.0901. The van der Waals surface area contributed by atoms with Crippen molar-refractivity contribution in [1.29, 1.82) is 0 Å². The van der Waals surface area contributed by atoms with Crippen molar-refractivity contribution in [3.05, 3.63) is 51.8 Å². The van der Waals surface area contributed by atoms with Crippen molar-refractivity contribution < 1.29 is 13.2 Å². The summed E-state index contributed by atoms with van der Waals surface area (Å²) in [5, 5.41) is 0. The van der Waals surface area contributed by atoms with Crippen molar-refractivity contribution in [1.82, 2.24) is 13.8 Å². The predicted molar refractivity (Wildman–Crippen MR) is 115 cm³/mol. The van der Waals surface area contributed by atoms with E-state index in [1.807, 2.05) is 69.3 Å². The highest BCUT2D eigenvalue weighted by Gasteiger charge is 2.31. The van der Waals surface area contributed by atoms with Crippen molar-refractivity contribution in [3.63, 3.8) is 0 Å². The van der Waals surface area contributed by atoms with Crippen LogP contribution in [0.3, 0.4) is 0 Å². The molecule has 1 fully saturated rings. The second-order valence-corrected chi connectivity index (χ2v) is 10.0. The third kappa shape index (κ3) is 4.17. The summed E-state index contributed by atoms with van der Waals surface area (Å²) in [4.78, 5) is 15.2. The zero-order valence-electron chi connectivity index (χ0n) is 18.2. The smallest absolute Gasteiger partial charge is 0.243 e. The first-order valence-corrected chi connectivity index (χ1v) is 11.4. The second-order valence-electron chi connectivity index (χ2n) is 8.18. The molecule has 1 aromatic carbocycles. The molecule has 1 aliphatic rings. The van der Waals surface area contributed by atoms with Gasteiger partial charge in [-0.15, -0.1) is 0 Å². The molecular weight excluding hydrogens is 386 g/mol. The molecule has 0 aliphatic carbocycles. The summed E-state index contributed by atoms with van der Waals surface area (Å²) in [7, 11) is -1.58. The van der Waals surface area contributed by atoms with Gasteiger partial charge >= 0.3 is 0 Å². The van der Waals surface area contributed by atoms with E-state index >= 15 is 0 Å². The number of benzene rings is 1. The minimum absolute atomic E-state index is 0.0905. The molecule has 1 aliphatic heterocycles. The molecule has 1 saturated heterocycles. The molecule has 29 heavy (non-hydrogen) atoms. The van der Waals surface area contributed by atoms with E-state index in [4.69, 9.17) is 0 Å². The number of rotatable bonds is 5. The van der Waals surface area contributed by atoms with Crippen LogP contribution in [-0.2, 0) is 17.1 Å². The maximum absolute atomic E-state index is 13.2. The van der Waals surface area contributed by atoms with Crippen LogP contribution in [-0.4, -0.2) is 60.7 Å². The Morgan fingerprint density at radius 1 is 0.931 bits per heavy atom. The van der Waals surface area contributed by atoms with Crippen LogP contribution in [0.25, 0.3) is 0 Å². The number of aryl methyl sites for hydroxylation is 4. The lowest BCUT2D eigenvalue weighted by Gasteiger charge is -2.34. The number of hydrogen-bond acceptors (Lipinski definition) is 4. The maximum Gasteiger partial charge on any atom is 0.243 e. The summed E-state index contributed by atoms with van der Waals surface area (Å²) in [5.74, 6) is 0.0905. The van der Waals surface area contributed by atoms with Gasteiger partial charge in [-0.25, -0.2) is 8.42 Å². The van der Waals surface area contributed by atoms with E-state index in [1.54, 1.807) is 4.31 Å². The number of piperazine rings is 1. The summed E-state index contributed by atoms with van der Waals surface area (Å²) >= 11 is 0. The number of Topliss-reactive ketones (excluding diaryl/α,β-unsaturated/α-hetero) is 1. The molecule has 6 nitrogen and oxygen atoms in total. The number of hydrogen-bond donors (Lipinski definition) is 0. The third-order valence-electron chi connectivity index (χ3n) is 5.98. The molecule has 0 bridgehead atoms. The molecule has 0 atom stereocenters. The Hall–Kier alpha value is -1.96. The fourth-order valence-corrected chi connectivity index (χ4v) is 6.09. The maximum atomic E-state index is 13.2. The van der Waals surface area contributed by atoms with Gasteiger partial charge in [-0.05, 0) is 51.8 Å². The molecule has 158 valence electrons. The molecule has 0 amide bonds. The molecule has 3 rings (SSSR count). The van der Waals surface area contributed by atoms with Crippen LogP contribution < -0.4 is 0 Å². The van der Waals surface area contributed by atoms with E-state index in [2.05, 4.69) is 0 Å². The minimum atomic E-state index is -3.53. The minimum Gasteiger partial charge on any atom is -0.351 e. The highest BCUT2D eigenvalue weighted by Crippen LogP contribution is 2.26. The number of sulfonamides is 1. The zero-order chi connectivity index (χ0) is 21.5. The van der Waals surface area contributed by atoms with Crippen LogP contribution in [0.15, 0.2) is 23.1 Å². The quantitative estimate of drug-likeness (QED) is 0.702. The van der Waals surface area contributed by atoms with Gasteiger partial charge in [0, 0.05) is 50.2 Å². The van der Waals surface area contributed by atoms with Gasteiger partial charge in [0.25, 0.3) is 0 Å². The van der Waals surface area contributed by atoms with Crippen molar-refractivity contribution in [2.45, 2.75) is 39.5 Å². The number of ketones is 1. The highest BCUT2D eigenvalue weighted by atomic mass is 32.2. The van der Waals surface area contributed by atoms with Crippen molar-refractivity contribution in [2.75, 3.05) is 32.7 Å². The normalized spacial score (nSPS) is 16.3. The Labute approximate surface area is 174 Å². The zero-order valence-corrected chi connectivity index (χ0v) is 19.1. The van der Waals surface area contributed by atoms with Crippen molar-refractivity contribution in [3.8, 4) is 0 Å². The summed E-state index contributed by atoms with van der Waals surface area (Å²) < 4.78 is 30.0.